The van der Waals surface area contributed by atoms with Crippen LogP contribution in [0.15, 0.2) is 24.3 Å². The smallest absolute Gasteiger partial charge is 0.396 e. The molecule has 1 aromatic carbocycles. The van der Waals surface area contributed by atoms with Gasteiger partial charge in [-0.15, -0.1) is 0 Å². The van der Waals surface area contributed by atoms with Crippen LogP contribution in [0.2, 0.25) is 0 Å². The van der Waals surface area contributed by atoms with E-state index in [1.807, 2.05) is 6.92 Å². The maximum absolute atomic E-state index is 12.5. The molecule has 2 rings (SSSR count). The van der Waals surface area contributed by atoms with E-state index in [0.29, 0.717) is 19.4 Å². The van der Waals surface area contributed by atoms with Crippen LogP contribution in [-0.4, -0.2) is 24.2 Å². The number of hydrogen-bond donors (Lipinski definition) is 2. The van der Waals surface area contributed by atoms with E-state index in [-0.39, 0.29) is 30.3 Å². The standard InChI is InChI=1S/C16H20F3NO2/c1-10(6-7-21)9-20-15(22)14-8-13(14)11-2-4-12(5-3-11)16(17,18)19/h2-5,10,13-14,21H,6-9H2,1H3,(H,20,22). The highest BCUT2D eigenvalue weighted by Gasteiger charge is 2.44. The summed E-state index contributed by atoms with van der Waals surface area (Å²) in [6, 6.07) is 5.03. The second-order valence-electron chi connectivity index (χ2n) is 5.93. The Morgan fingerprint density at radius 1 is 1.36 bits per heavy atom. The fourth-order valence-electron chi connectivity index (χ4n) is 2.50. The minimum atomic E-state index is -4.33. The summed E-state index contributed by atoms with van der Waals surface area (Å²) >= 11 is 0. The van der Waals surface area contributed by atoms with Crippen LogP contribution in [0.25, 0.3) is 0 Å². The van der Waals surface area contributed by atoms with Crippen molar-refractivity contribution >= 4 is 5.91 Å². The van der Waals surface area contributed by atoms with E-state index in [9.17, 15) is 18.0 Å². The molecule has 1 saturated carbocycles. The van der Waals surface area contributed by atoms with Crippen molar-refractivity contribution in [2.75, 3.05) is 13.2 Å². The van der Waals surface area contributed by atoms with Crippen molar-refractivity contribution in [1.29, 1.82) is 0 Å². The Balaban J connectivity index is 1.85. The van der Waals surface area contributed by atoms with Crippen molar-refractivity contribution in [2.24, 2.45) is 11.8 Å². The fourth-order valence-corrected chi connectivity index (χ4v) is 2.50. The number of aliphatic hydroxyl groups is 1. The van der Waals surface area contributed by atoms with Gasteiger partial charge in [0.05, 0.1) is 5.56 Å². The molecule has 0 saturated heterocycles. The first-order chi connectivity index (χ1) is 10.3. The second-order valence-corrected chi connectivity index (χ2v) is 5.93. The molecular weight excluding hydrogens is 295 g/mol. The van der Waals surface area contributed by atoms with Crippen LogP contribution in [0, 0.1) is 11.8 Å². The van der Waals surface area contributed by atoms with Crippen LogP contribution in [-0.2, 0) is 11.0 Å². The number of amides is 1. The van der Waals surface area contributed by atoms with Gasteiger partial charge in [0.15, 0.2) is 0 Å². The number of alkyl halides is 3. The fraction of sp³-hybridized carbons (Fsp3) is 0.562. The predicted molar refractivity (Wildman–Crippen MR) is 76.2 cm³/mol. The topological polar surface area (TPSA) is 49.3 Å². The van der Waals surface area contributed by atoms with E-state index < -0.39 is 11.7 Å². The maximum Gasteiger partial charge on any atom is 0.416 e. The molecule has 3 nitrogen and oxygen atoms in total. The van der Waals surface area contributed by atoms with Crippen molar-refractivity contribution in [3.8, 4) is 0 Å². The Morgan fingerprint density at radius 2 is 2.00 bits per heavy atom. The highest BCUT2D eigenvalue weighted by Crippen LogP contribution is 2.47. The van der Waals surface area contributed by atoms with Gasteiger partial charge in [-0.2, -0.15) is 13.2 Å². The van der Waals surface area contributed by atoms with Gasteiger partial charge in [0.2, 0.25) is 5.91 Å². The van der Waals surface area contributed by atoms with Gasteiger partial charge in [-0.05, 0) is 42.4 Å². The summed E-state index contributed by atoms with van der Waals surface area (Å²) in [5.41, 5.74) is 0.104. The zero-order chi connectivity index (χ0) is 16.3. The van der Waals surface area contributed by atoms with E-state index in [0.717, 1.165) is 17.7 Å². The van der Waals surface area contributed by atoms with Gasteiger partial charge in [-0.1, -0.05) is 19.1 Å². The first kappa shape index (κ1) is 16.8. The Hall–Kier alpha value is -1.56. The molecule has 0 radical (unpaired) electrons. The number of halogens is 3. The third-order valence-electron chi connectivity index (χ3n) is 4.04. The SMILES string of the molecule is CC(CCO)CNC(=O)C1CC1c1ccc(C(F)(F)F)cc1. The molecule has 1 amide bonds. The molecule has 3 atom stereocenters. The van der Waals surface area contributed by atoms with Crippen LogP contribution >= 0.6 is 0 Å². The van der Waals surface area contributed by atoms with Crippen molar-refractivity contribution in [1.82, 2.24) is 5.32 Å². The quantitative estimate of drug-likeness (QED) is 0.848. The molecule has 122 valence electrons. The van der Waals surface area contributed by atoms with Gasteiger partial charge < -0.3 is 10.4 Å². The minimum absolute atomic E-state index is 0.00966. The summed E-state index contributed by atoms with van der Waals surface area (Å²) in [7, 11) is 0. The summed E-state index contributed by atoms with van der Waals surface area (Å²) in [6.07, 6.45) is -3.03. The lowest BCUT2D eigenvalue weighted by Crippen LogP contribution is -2.30. The lowest BCUT2D eigenvalue weighted by atomic mass is 10.1. The van der Waals surface area contributed by atoms with E-state index in [4.69, 9.17) is 5.11 Å². The average molecular weight is 315 g/mol. The Kier molecular flexibility index (Phi) is 5.11. The van der Waals surface area contributed by atoms with Crippen LogP contribution in [0.1, 0.15) is 36.8 Å². The summed E-state index contributed by atoms with van der Waals surface area (Å²) in [6.45, 7) is 2.54. The number of hydrogen-bond acceptors (Lipinski definition) is 2. The molecule has 6 heteroatoms. The second kappa shape index (κ2) is 6.69. The van der Waals surface area contributed by atoms with Gasteiger partial charge in [0, 0.05) is 19.1 Å². The summed E-state index contributed by atoms with van der Waals surface area (Å²) < 4.78 is 37.5. The van der Waals surface area contributed by atoms with E-state index >= 15 is 0 Å². The first-order valence-corrected chi connectivity index (χ1v) is 7.38. The monoisotopic (exact) mass is 315 g/mol. The third-order valence-corrected chi connectivity index (χ3v) is 4.04. The Morgan fingerprint density at radius 3 is 2.55 bits per heavy atom. The zero-order valence-corrected chi connectivity index (χ0v) is 12.4. The van der Waals surface area contributed by atoms with Crippen LogP contribution in [0.3, 0.4) is 0 Å². The number of rotatable bonds is 6. The van der Waals surface area contributed by atoms with Gasteiger partial charge in [-0.25, -0.2) is 0 Å². The van der Waals surface area contributed by atoms with E-state index in [2.05, 4.69) is 5.32 Å². The number of aliphatic hydroxyl groups excluding tert-OH is 1. The normalized spacial score (nSPS) is 22.2. The number of carbonyl (C=O) groups excluding carboxylic acids is 1. The van der Waals surface area contributed by atoms with Crippen LogP contribution < -0.4 is 5.32 Å². The molecule has 3 unspecified atom stereocenters. The van der Waals surface area contributed by atoms with Gasteiger partial charge in [0.25, 0.3) is 0 Å². The molecule has 1 aromatic rings. The highest BCUT2D eigenvalue weighted by atomic mass is 19.4. The lowest BCUT2D eigenvalue weighted by molar-refractivity contribution is -0.137. The molecule has 0 aliphatic heterocycles. The van der Waals surface area contributed by atoms with Gasteiger partial charge in [-0.3, -0.25) is 4.79 Å². The van der Waals surface area contributed by atoms with E-state index in [1.54, 1.807) is 0 Å². The van der Waals surface area contributed by atoms with E-state index in [1.165, 1.54) is 12.1 Å². The third kappa shape index (κ3) is 4.22. The number of nitrogens with one attached hydrogen (secondary N) is 1. The van der Waals surface area contributed by atoms with Gasteiger partial charge >= 0.3 is 6.18 Å². The first-order valence-electron chi connectivity index (χ1n) is 7.38. The van der Waals surface area contributed by atoms with Crippen LogP contribution in [0.5, 0.6) is 0 Å². The molecule has 0 aromatic heterocycles. The van der Waals surface area contributed by atoms with Crippen molar-refractivity contribution < 1.29 is 23.1 Å². The van der Waals surface area contributed by atoms with Gasteiger partial charge in [0.1, 0.15) is 0 Å². The van der Waals surface area contributed by atoms with Crippen molar-refractivity contribution in [3.63, 3.8) is 0 Å². The van der Waals surface area contributed by atoms with Crippen LogP contribution in [0.4, 0.5) is 13.2 Å². The molecular formula is C16H20F3NO2. The molecule has 2 N–H and O–H groups in total. The maximum atomic E-state index is 12.5. The summed E-state index contributed by atoms with van der Waals surface area (Å²) in [5.74, 6) is 0.000372. The van der Waals surface area contributed by atoms with Crippen molar-refractivity contribution in [3.05, 3.63) is 35.4 Å². The Labute approximate surface area is 127 Å². The molecule has 1 fully saturated rings. The highest BCUT2D eigenvalue weighted by molar-refractivity contribution is 5.82. The lowest BCUT2D eigenvalue weighted by Gasteiger charge is -2.11. The molecule has 0 spiro atoms. The number of carbonyl (C=O) groups is 1. The summed E-state index contributed by atoms with van der Waals surface area (Å²) in [5, 5.41) is 11.6. The number of benzene rings is 1. The summed E-state index contributed by atoms with van der Waals surface area (Å²) in [4.78, 5) is 12.0. The molecule has 1 aliphatic carbocycles. The zero-order valence-electron chi connectivity index (χ0n) is 12.4. The molecule has 0 heterocycles. The van der Waals surface area contributed by atoms with Crippen molar-refractivity contribution in [2.45, 2.75) is 31.9 Å². The minimum Gasteiger partial charge on any atom is -0.396 e. The average Bonchev–Trinajstić information content (AvgIpc) is 3.25. The molecule has 1 aliphatic rings. The largest absolute Gasteiger partial charge is 0.416 e. The Bertz CT molecular complexity index is 513. The predicted octanol–water partition coefficient (Wildman–Crippen LogP) is 2.94. The molecule has 22 heavy (non-hydrogen) atoms. The molecule has 0 bridgehead atoms.